The van der Waals surface area contributed by atoms with Gasteiger partial charge in [-0.05, 0) is 44.5 Å². The normalized spacial score (nSPS) is 14.1. The summed E-state index contributed by atoms with van der Waals surface area (Å²) >= 11 is 6.04. The maximum atomic E-state index is 13.0. The van der Waals surface area contributed by atoms with Crippen LogP contribution in [0.25, 0.3) is 10.9 Å². The largest absolute Gasteiger partial charge is 0.483 e. The minimum absolute atomic E-state index is 0.135. The second-order valence-corrected chi connectivity index (χ2v) is 9.00. The van der Waals surface area contributed by atoms with Crippen molar-refractivity contribution < 1.29 is 14.3 Å². The maximum absolute atomic E-state index is 13.0. The van der Waals surface area contributed by atoms with Gasteiger partial charge in [-0.1, -0.05) is 30.7 Å². The zero-order valence-corrected chi connectivity index (χ0v) is 19.2. The highest BCUT2D eigenvalue weighted by Gasteiger charge is 2.32. The molecule has 0 saturated heterocycles. The fraction of sp³-hybridized carbons (Fsp3) is 0.375. The molecule has 4 rings (SSSR count). The number of benzene rings is 2. The first-order chi connectivity index (χ1) is 15.3. The summed E-state index contributed by atoms with van der Waals surface area (Å²) in [4.78, 5) is 34.3. The number of nitrogens with one attached hydrogen (secondary N) is 1. The maximum Gasteiger partial charge on any atom is 0.260 e. The Balaban J connectivity index is 1.49. The van der Waals surface area contributed by atoms with Gasteiger partial charge in [0.15, 0.2) is 18.1 Å². The van der Waals surface area contributed by atoms with Gasteiger partial charge in [0, 0.05) is 23.6 Å². The first-order valence-corrected chi connectivity index (χ1v) is 11.0. The number of amides is 1. The van der Waals surface area contributed by atoms with Crippen LogP contribution in [-0.4, -0.2) is 39.5 Å². The SMILES string of the molecule is CCCN(Cc1nc2cc(Cl)ccc2c(=O)[nH]1)C(=O)COc1cccc2c1OC(C)(C)C2. The van der Waals surface area contributed by atoms with E-state index in [1.54, 1.807) is 23.1 Å². The van der Waals surface area contributed by atoms with E-state index in [-0.39, 0.29) is 30.2 Å². The monoisotopic (exact) mass is 455 g/mol. The van der Waals surface area contributed by atoms with Crippen LogP contribution in [0.2, 0.25) is 5.02 Å². The highest BCUT2D eigenvalue weighted by molar-refractivity contribution is 6.31. The van der Waals surface area contributed by atoms with Crippen LogP contribution in [0.3, 0.4) is 0 Å². The number of hydrogen-bond acceptors (Lipinski definition) is 5. The first-order valence-electron chi connectivity index (χ1n) is 10.7. The number of carbonyl (C=O) groups excluding carboxylic acids is 1. The molecule has 0 saturated carbocycles. The number of ether oxygens (including phenoxy) is 2. The van der Waals surface area contributed by atoms with Crippen molar-refractivity contribution in [3.05, 3.63) is 63.2 Å². The molecular formula is C24H26ClN3O4. The number of aromatic nitrogens is 2. The lowest BCUT2D eigenvalue weighted by Gasteiger charge is -2.22. The van der Waals surface area contributed by atoms with Gasteiger partial charge in [-0.3, -0.25) is 9.59 Å². The molecule has 1 N–H and O–H groups in total. The molecule has 1 aliphatic rings. The van der Waals surface area contributed by atoms with Gasteiger partial charge in [0.2, 0.25) is 0 Å². The molecule has 0 bridgehead atoms. The Morgan fingerprint density at radius 1 is 1.31 bits per heavy atom. The summed E-state index contributed by atoms with van der Waals surface area (Å²) in [7, 11) is 0. The molecule has 0 atom stereocenters. The van der Waals surface area contributed by atoms with E-state index >= 15 is 0 Å². The van der Waals surface area contributed by atoms with Crippen molar-refractivity contribution in [3.8, 4) is 11.5 Å². The molecular weight excluding hydrogens is 430 g/mol. The zero-order valence-electron chi connectivity index (χ0n) is 18.4. The van der Waals surface area contributed by atoms with E-state index < -0.39 is 0 Å². The topological polar surface area (TPSA) is 84.5 Å². The number of rotatable bonds is 7. The van der Waals surface area contributed by atoms with Crippen LogP contribution in [-0.2, 0) is 17.8 Å². The minimum Gasteiger partial charge on any atom is -0.483 e. The minimum atomic E-state index is -0.295. The van der Waals surface area contributed by atoms with E-state index in [2.05, 4.69) is 9.97 Å². The standard InChI is InChI=1S/C24H26ClN3O4/c1-4-10-28(13-20-26-18-11-16(25)8-9-17(18)23(30)27-20)21(29)14-31-19-7-5-6-15-12-24(2,3)32-22(15)19/h5-9,11H,4,10,12-14H2,1-3H3,(H,26,27,30). The summed E-state index contributed by atoms with van der Waals surface area (Å²) < 4.78 is 11.9. The number of carbonyl (C=O) groups is 1. The lowest BCUT2D eigenvalue weighted by Crippen LogP contribution is -2.36. The van der Waals surface area contributed by atoms with Crippen molar-refractivity contribution in [3.63, 3.8) is 0 Å². The van der Waals surface area contributed by atoms with Gasteiger partial charge in [0.05, 0.1) is 17.4 Å². The molecule has 7 nitrogen and oxygen atoms in total. The summed E-state index contributed by atoms with van der Waals surface area (Å²) in [6.07, 6.45) is 1.55. The molecule has 32 heavy (non-hydrogen) atoms. The van der Waals surface area contributed by atoms with Crippen molar-refractivity contribution in [1.82, 2.24) is 14.9 Å². The van der Waals surface area contributed by atoms with Gasteiger partial charge < -0.3 is 19.4 Å². The Kier molecular flexibility index (Phi) is 6.11. The lowest BCUT2D eigenvalue weighted by atomic mass is 10.0. The van der Waals surface area contributed by atoms with Crippen LogP contribution in [0.1, 0.15) is 38.6 Å². The number of fused-ring (bicyclic) bond motifs is 2. The number of para-hydroxylation sites is 1. The first kappa shape index (κ1) is 22.1. The van der Waals surface area contributed by atoms with Gasteiger partial charge in [-0.15, -0.1) is 0 Å². The van der Waals surface area contributed by atoms with E-state index in [0.29, 0.717) is 39.8 Å². The van der Waals surface area contributed by atoms with Gasteiger partial charge in [-0.25, -0.2) is 4.98 Å². The zero-order chi connectivity index (χ0) is 22.9. The highest BCUT2D eigenvalue weighted by atomic mass is 35.5. The highest BCUT2D eigenvalue weighted by Crippen LogP contribution is 2.41. The second kappa shape index (κ2) is 8.82. The number of H-pyrrole nitrogens is 1. The Labute approximate surface area is 191 Å². The van der Waals surface area contributed by atoms with Crippen LogP contribution < -0.4 is 15.0 Å². The van der Waals surface area contributed by atoms with Crippen molar-refractivity contribution in [2.45, 2.75) is 45.8 Å². The van der Waals surface area contributed by atoms with Crippen LogP contribution in [0.5, 0.6) is 11.5 Å². The summed E-state index contributed by atoms with van der Waals surface area (Å²) in [6.45, 7) is 6.58. The smallest absolute Gasteiger partial charge is 0.260 e. The van der Waals surface area contributed by atoms with E-state index in [0.717, 1.165) is 18.4 Å². The summed E-state index contributed by atoms with van der Waals surface area (Å²) in [5, 5.41) is 0.952. The fourth-order valence-electron chi connectivity index (χ4n) is 3.91. The number of hydrogen-bond donors (Lipinski definition) is 1. The van der Waals surface area contributed by atoms with Gasteiger partial charge in [-0.2, -0.15) is 0 Å². The van der Waals surface area contributed by atoms with E-state index in [1.165, 1.54) is 0 Å². The molecule has 3 aromatic rings. The van der Waals surface area contributed by atoms with Crippen LogP contribution in [0.4, 0.5) is 0 Å². The second-order valence-electron chi connectivity index (χ2n) is 8.56. The van der Waals surface area contributed by atoms with E-state index in [1.807, 2.05) is 39.0 Å². The summed E-state index contributed by atoms with van der Waals surface area (Å²) in [5.74, 6) is 1.46. The predicted octanol–water partition coefficient (Wildman–Crippen LogP) is 4.11. The molecule has 0 fully saturated rings. The molecule has 0 unspecified atom stereocenters. The molecule has 2 heterocycles. The third-order valence-electron chi connectivity index (χ3n) is 5.31. The molecule has 1 aromatic heterocycles. The molecule has 1 aliphatic heterocycles. The Bertz CT molecular complexity index is 1220. The van der Waals surface area contributed by atoms with Crippen LogP contribution >= 0.6 is 11.6 Å². The van der Waals surface area contributed by atoms with Gasteiger partial charge in [0.1, 0.15) is 11.4 Å². The summed E-state index contributed by atoms with van der Waals surface area (Å²) in [6, 6.07) is 10.7. The molecule has 0 spiro atoms. The Morgan fingerprint density at radius 3 is 2.91 bits per heavy atom. The third-order valence-corrected chi connectivity index (χ3v) is 5.55. The average molecular weight is 456 g/mol. The molecule has 1 amide bonds. The Morgan fingerprint density at radius 2 is 2.12 bits per heavy atom. The predicted molar refractivity (Wildman–Crippen MR) is 123 cm³/mol. The molecule has 0 radical (unpaired) electrons. The Hall–Kier alpha value is -3.06. The van der Waals surface area contributed by atoms with E-state index in [9.17, 15) is 9.59 Å². The average Bonchev–Trinajstić information content (AvgIpc) is 3.05. The molecule has 0 aliphatic carbocycles. The van der Waals surface area contributed by atoms with Gasteiger partial charge in [0.25, 0.3) is 11.5 Å². The number of nitrogens with zero attached hydrogens (tertiary/aromatic N) is 2. The van der Waals surface area contributed by atoms with Crippen molar-refractivity contribution in [1.29, 1.82) is 0 Å². The number of aromatic amines is 1. The third kappa shape index (κ3) is 4.72. The van der Waals surface area contributed by atoms with Crippen molar-refractivity contribution in [2.24, 2.45) is 0 Å². The van der Waals surface area contributed by atoms with Gasteiger partial charge >= 0.3 is 0 Å². The van der Waals surface area contributed by atoms with Crippen LogP contribution in [0, 0.1) is 0 Å². The fourth-order valence-corrected chi connectivity index (χ4v) is 4.08. The quantitative estimate of drug-likeness (QED) is 0.579. The van der Waals surface area contributed by atoms with Crippen molar-refractivity contribution >= 4 is 28.4 Å². The summed E-state index contributed by atoms with van der Waals surface area (Å²) in [5.41, 5.74) is 1.01. The van der Waals surface area contributed by atoms with Crippen LogP contribution in [0.15, 0.2) is 41.2 Å². The van der Waals surface area contributed by atoms with Crippen molar-refractivity contribution in [2.75, 3.05) is 13.2 Å². The lowest BCUT2D eigenvalue weighted by molar-refractivity contribution is -0.134. The molecule has 2 aromatic carbocycles. The number of halogens is 1. The molecule has 8 heteroatoms. The van der Waals surface area contributed by atoms with E-state index in [4.69, 9.17) is 21.1 Å². The molecule has 168 valence electrons.